The standard InChI is InChI=1S/C21H20ClN3OS/c1-14(2)16-7-3-4-8-19(16)25-20(26)17-10-9-15(22)13-18(17)24-21(25)27-12-6-5-11-23/h3-4,7-10,13-14H,5-6,12H2,1-2H3. The highest BCUT2D eigenvalue weighted by Crippen LogP contribution is 2.28. The Hall–Kier alpha value is -2.29. The number of fused-ring (bicyclic) bond motifs is 1. The molecule has 1 heterocycles. The Balaban J connectivity index is 2.23. The normalized spacial score (nSPS) is 11.1. The molecule has 0 saturated carbocycles. The van der Waals surface area contributed by atoms with Gasteiger partial charge in [0.25, 0.3) is 5.56 Å². The van der Waals surface area contributed by atoms with Gasteiger partial charge in [0.05, 0.1) is 22.7 Å². The number of aromatic nitrogens is 2. The van der Waals surface area contributed by atoms with E-state index in [0.29, 0.717) is 27.5 Å². The molecule has 2 aromatic carbocycles. The van der Waals surface area contributed by atoms with E-state index in [1.165, 1.54) is 11.8 Å². The lowest BCUT2D eigenvalue weighted by Gasteiger charge is -2.18. The molecule has 0 unspecified atom stereocenters. The predicted octanol–water partition coefficient (Wildman–Crippen LogP) is 5.56. The first-order valence-electron chi connectivity index (χ1n) is 8.84. The fraction of sp³-hybridized carbons (Fsp3) is 0.286. The van der Waals surface area contributed by atoms with Gasteiger partial charge in [-0.25, -0.2) is 4.98 Å². The van der Waals surface area contributed by atoms with Gasteiger partial charge in [0.2, 0.25) is 0 Å². The molecule has 0 aliphatic carbocycles. The van der Waals surface area contributed by atoms with Crippen LogP contribution in [-0.2, 0) is 0 Å². The molecular formula is C21H20ClN3OS. The van der Waals surface area contributed by atoms with Gasteiger partial charge in [-0.3, -0.25) is 9.36 Å². The maximum absolute atomic E-state index is 13.3. The summed E-state index contributed by atoms with van der Waals surface area (Å²) in [5, 5.41) is 10.5. The lowest BCUT2D eigenvalue weighted by atomic mass is 10.0. The Bertz CT molecular complexity index is 1070. The summed E-state index contributed by atoms with van der Waals surface area (Å²) in [6, 6.07) is 15.2. The van der Waals surface area contributed by atoms with Gasteiger partial charge in [-0.15, -0.1) is 0 Å². The number of unbranched alkanes of at least 4 members (excludes halogenated alkanes) is 1. The molecule has 0 N–H and O–H groups in total. The number of nitriles is 1. The SMILES string of the molecule is CC(C)c1ccccc1-n1c(SCCCC#N)nc2cc(Cl)ccc2c1=O. The highest BCUT2D eigenvalue weighted by atomic mass is 35.5. The Morgan fingerprint density at radius 1 is 1.26 bits per heavy atom. The molecule has 138 valence electrons. The van der Waals surface area contributed by atoms with Crippen molar-refractivity contribution in [2.24, 2.45) is 0 Å². The first-order chi connectivity index (χ1) is 13.0. The minimum atomic E-state index is -0.104. The molecule has 3 aromatic rings. The molecule has 27 heavy (non-hydrogen) atoms. The fourth-order valence-electron chi connectivity index (χ4n) is 2.94. The van der Waals surface area contributed by atoms with Gasteiger partial charge in [-0.1, -0.05) is 55.4 Å². The van der Waals surface area contributed by atoms with Crippen molar-refractivity contribution in [3.05, 3.63) is 63.4 Å². The van der Waals surface area contributed by atoms with Crippen molar-refractivity contribution in [3.63, 3.8) is 0 Å². The summed E-state index contributed by atoms with van der Waals surface area (Å²) in [7, 11) is 0. The molecular weight excluding hydrogens is 378 g/mol. The molecule has 1 aromatic heterocycles. The number of nitrogens with zero attached hydrogens (tertiary/aromatic N) is 3. The average molecular weight is 398 g/mol. The third-order valence-electron chi connectivity index (χ3n) is 4.26. The molecule has 6 heteroatoms. The monoisotopic (exact) mass is 397 g/mol. The van der Waals surface area contributed by atoms with Crippen molar-refractivity contribution in [2.75, 3.05) is 5.75 Å². The second-order valence-electron chi connectivity index (χ2n) is 6.52. The maximum atomic E-state index is 13.3. The van der Waals surface area contributed by atoms with E-state index in [-0.39, 0.29) is 11.5 Å². The van der Waals surface area contributed by atoms with Gasteiger partial charge in [0, 0.05) is 17.2 Å². The van der Waals surface area contributed by atoms with Crippen LogP contribution in [0.5, 0.6) is 0 Å². The molecule has 0 saturated heterocycles. The molecule has 0 bridgehead atoms. The van der Waals surface area contributed by atoms with Gasteiger partial charge in [-0.2, -0.15) is 5.26 Å². The van der Waals surface area contributed by atoms with E-state index in [4.69, 9.17) is 21.8 Å². The summed E-state index contributed by atoms with van der Waals surface area (Å²) < 4.78 is 1.70. The number of para-hydroxylation sites is 1. The Morgan fingerprint density at radius 3 is 2.78 bits per heavy atom. The lowest BCUT2D eigenvalue weighted by Crippen LogP contribution is -2.23. The summed E-state index contributed by atoms with van der Waals surface area (Å²) in [5.74, 6) is 0.987. The number of hydrogen-bond donors (Lipinski definition) is 0. The number of halogens is 1. The van der Waals surface area contributed by atoms with Crippen LogP contribution < -0.4 is 5.56 Å². The Kier molecular flexibility index (Phi) is 6.20. The molecule has 0 radical (unpaired) electrons. The van der Waals surface area contributed by atoms with Gasteiger partial charge in [-0.05, 0) is 42.2 Å². The summed E-state index contributed by atoms with van der Waals surface area (Å²) in [6.45, 7) is 4.22. The highest BCUT2D eigenvalue weighted by Gasteiger charge is 2.17. The summed E-state index contributed by atoms with van der Waals surface area (Å²) in [5.41, 5.74) is 2.43. The van der Waals surface area contributed by atoms with Gasteiger partial charge < -0.3 is 0 Å². The number of rotatable bonds is 6. The zero-order valence-electron chi connectivity index (χ0n) is 15.3. The molecule has 0 spiro atoms. The van der Waals surface area contributed by atoms with Crippen molar-refractivity contribution in [1.29, 1.82) is 5.26 Å². The predicted molar refractivity (Wildman–Crippen MR) is 112 cm³/mol. The third-order valence-corrected chi connectivity index (χ3v) is 5.52. The van der Waals surface area contributed by atoms with E-state index < -0.39 is 0 Å². The zero-order valence-corrected chi connectivity index (χ0v) is 16.8. The summed E-state index contributed by atoms with van der Waals surface area (Å²) >= 11 is 7.60. The second kappa shape index (κ2) is 8.60. The second-order valence-corrected chi connectivity index (χ2v) is 8.02. The van der Waals surface area contributed by atoms with Crippen molar-refractivity contribution in [2.45, 2.75) is 37.8 Å². The van der Waals surface area contributed by atoms with Crippen LogP contribution in [0.4, 0.5) is 0 Å². The summed E-state index contributed by atoms with van der Waals surface area (Å²) in [4.78, 5) is 18.1. The average Bonchev–Trinajstić information content (AvgIpc) is 2.65. The highest BCUT2D eigenvalue weighted by molar-refractivity contribution is 7.99. The third kappa shape index (κ3) is 4.18. The molecule has 0 fully saturated rings. The zero-order chi connectivity index (χ0) is 19.4. The van der Waals surface area contributed by atoms with Crippen LogP contribution in [0.15, 0.2) is 52.4 Å². The van der Waals surface area contributed by atoms with E-state index >= 15 is 0 Å². The van der Waals surface area contributed by atoms with Crippen LogP contribution >= 0.6 is 23.4 Å². The van der Waals surface area contributed by atoms with Crippen molar-refractivity contribution >= 4 is 34.3 Å². The molecule has 3 rings (SSSR count). The Labute approximate surface area is 167 Å². The van der Waals surface area contributed by atoms with Crippen LogP contribution in [-0.4, -0.2) is 15.3 Å². The molecule has 4 nitrogen and oxygen atoms in total. The van der Waals surface area contributed by atoms with Gasteiger partial charge >= 0.3 is 0 Å². The number of benzene rings is 2. The van der Waals surface area contributed by atoms with Crippen LogP contribution in [0.25, 0.3) is 16.6 Å². The first-order valence-corrected chi connectivity index (χ1v) is 10.2. The maximum Gasteiger partial charge on any atom is 0.266 e. The largest absolute Gasteiger partial charge is 0.268 e. The van der Waals surface area contributed by atoms with Gasteiger partial charge in [0.15, 0.2) is 5.16 Å². The quantitative estimate of drug-likeness (QED) is 0.310. The van der Waals surface area contributed by atoms with Crippen molar-refractivity contribution < 1.29 is 0 Å². The fourth-order valence-corrected chi connectivity index (χ4v) is 4.05. The van der Waals surface area contributed by atoms with Crippen molar-refractivity contribution in [1.82, 2.24) is 9.55 Å². The minimum absolute atomic E-state index is 0.104. The van der Waals surface area contributed by atoms with Crippen LogP contribution in [0.1, 0.15) is 38.2 Å². The van der Waals surface area contributed by atoms with E-state index in [1.54, 1.807) is 22.8 Å². The van der Waals surface area contributed by atoms with E-state index in [2.05, 4.69) is 19.9 Å². The number of hydrogen-bond acceptors (Lipinski definition) is 4. The molecule has 0 aliphatic heterocycles. The van der Waals surface area contributed by atoms with E-state index in [0.717, 1.165) is 23.4 Å². The molecule has 0 atom stereocenters. The van der Waals surface area contributed by atoms with Gasteiger partial charge in [0.1, 0.15) is 0 Å². The minimum Gasteiger partial charge on any atom is -0.268 e. The van der Waals surface area contributed by atoms with Crippen LogP contribution in [0.3, 0.4) is 0 Å². The Morgan fingerprint density at radius 2 is 2.04 bits per heavy atom. The molecule has 0 amide bonds. The summed E-state index contributed by atoms with van der Waals surface area (Å²) in [6.07, 6.45) is 1.23. The van der Waals surface area contributed by atoms with E-state index in [9.17, 15) is 4.79 Å². The lowest BCUT2D eigenvalue weighted by molar-refractivity contribution is 0.779. The first kappa shape index (κ1) is 19.5. The number of thioether (sulfide) groups is 1. The smallest absolute Gasteiger partial charge is 0.266 e. The van der Waals surface area contributed by atoms with Crippen LogP contribution in [0, 0.1) is 11.3 Å². The topological polar surface area (TPSA) is 58.7 Å². The van der Waals surface area contributed by atoms with E-state index in [1.807, 2.05) is 24.3 Å². The molecule has 0 aliphatic rings. The van der Waals surface area contributed by atoms with Crippen molar-refractivity contribution in [3.8, 4) is 11.8 Å². The van der Waals surface area contributed by atoms with Crippen LogP contribution in [0.2, 0.25) is 5.02 Å².